The van der Waals surface area contributed by atoms with Crippen LogP contribution in [0.15, 0.2) is 84.9 Å². The maximum atomic E-state index is 12.1. The highest BCUT2D eigenvalue weighted by atomic mass is 16.5. The van der Waals surface area contributed by atoms with Crippen LogP contribution in [0.1, 0.15) is 66.4 Å². The molecule has 6 nitrogen and oxygen atoms in total. The molecule has 0 saturated carbocycles. The first kappa shape index (κ1) is 31.8. The molecule has 1 atom stereocenters. The molecule has 226 valence electrons. The molecule has 1 heterocycles. The quantitative estimate of drug-likeness (QED) is 0.125. The Bertz CT molecular complexity index is 1420. The van der Waals surface area contributed by atoms with Crippen LogP contribution in [-0.2, 0) is 35.3 Å². The van der Waals surface area contributed by atoms with E-state index in [1.54, 1.807) is 12.1 Å². The normalized spacial score (nSPS) is 11.6. The van der Waals surface area contributed by atoms with Gasteiger partial charge in [-0.05, 0) is 67.0 Å². The van der Waals surface area contributed by atoms with E-state index in [-0.39, 0.29) is 12.1 Å². The number of carbonyl (C=O) groups is 1. The van der Waals surface area contributed by atoms with Crippen LogP contribution < -0.4 is 9.47 Å². The Hall–Kier alpha value is -4.16. The first-order valence-corrected chi connectivity index (χ1v) is 15.3. The number of esters is 1. The minimum absolute atomic E-state index is 0.0175. The van der Waals surface area contributed by atoms with Crippen LogP contribution in [0.25, 0.3) is 11.1 Å². The highest BCUT2D eigenvalue weighted by Crippen LogP contribution is 2.37. The van der Waals surface area contributed by atoms with E-state index in [2.05, 4.69) is 38.1 Å². The van der Waals surface area contributed by atoms with Crippen molar-refractivity contribution in [2.24, 2.45) is 0 Å². The summed E-state index contributed by atoms with van der Waals surface area (Å²) in [7, 11) is 1.38. The van der Waals surface area contributed by atoms with Crippen molar-refractivity contribution in [1.29, 1.82) is 0 Å². The molecule has 0 aliphatic rings. The Labute approximate surface area is 256 Å². The number of hydrogen-bond donors (Lipinski definition) is 0. The number of methoxy groups -OCH3 is 1. The largest absolute Gasteiger partial charge is 0.488 e. The predicted molar refractivity (Wildman–Crippen MR) is 171 cm³/mol. The van der Waals surface area contributed by atoms with Gasteiger partial charge < -0.3 is 18.9 Å². The molecule has 0 amide bonds. The van der Waals surface area contributed by atoms with Crippen LogP contribution >= 0.6 is 0 Å². The number of aromatic nitrogens is 1. The molecule has 4 rings (SSSR count). The van der Waals surface area contributed by atoms with E-state index in [4.69, 9.17) is 23.9 Å². The molecule has 0 radical (unpaired) electrons. The van der Waals surface area contributed by atoms with Gasteiger partial charge in [-0.15, -0.1) is 0 Å². The molecule has 0 bridgehead atoms. The summed E-state index contributed by atoms with van der Waals surface area (Å²) in [4.78, 5) is 17.2. The third kappa shape index (κ3) is 9.16. The average molecular weight is 582 g/mol. The number of ether oxygens (including phenoxy) is 4. The van der Waals surface area contributed by atoms with Gasteiger partial charge in [0.05, 0.1) is 24.5 Å². The molecule has 0 spiro atoms. The number of carbonyl (C=O) groups excluding carboxylic acids is 1. The zero-order chi connectivity index (χ0) is 30.4. The smallest absolute Gasteiger partial charge is 0.337 e. The van der Waals surface area contributed by atoms with Gasteiger partial charge in [0.15, 0.2) is 0 Å². The molecule has 1 unspecified atom stereocenters. The maximum absolute atomic E-state index is 12.1. The fraction of sp³-hybridized carbons (Fsp3) is 0.351. The lowest BCUT2D eigenvalue weighted by Crippen LogP contribution is -2.21. The van der Waals surface area contributed by atoms with Crippen molar-refractivity contribution in [3.05, 3.63) is 113 Å². The molecule has 0 aliphatic heterocycles. The molecular weight excluding hydrogens is 538 g/mol. The molecule has 1 aromatic heterocycles. The van der Waals surface area contributed by atoms with Crippen molar-refractivity contribution in [1.82, 2.24) is 4.98 Å². The minimum atomic E-state index is -0.375. The summed E-state index contributed by atoms with van der Waals surface area (Å²) in [5.41, 5.74) is 6.80. The first-order valence-electron chi connectivity index (χ1n) is 15.3. The lowest BCUT2D eigenvalue weighted by atomic mass is 9.97. The monoisotopic (exact) mass is 581 g/mol. The van der Waals surface area contributed by atoms with Gasteiger partial charge in [-0.25, -0.2) is 9.78 Å². The summed E-state index contributed by atoms with van der Waals surface area (Å²) in [6.07, 6.45) is 4.53. The van der Waals surface area contributed by atoms with Crippen LogP contribution in [0.5, 0.6) is 11.6 Å². The van der Waals surface area contributed by atoms with E-state index in [0.717, 1.165) is 48.1 Å². The van der Waals surface area contributed by atoms with Gasteiger partial charge in [-0.1, -0.05) is 87.0 Å². The molecule has 0 aliphatic carbocycles. The Morgan fingerprint density at radius 2 is 1.49 bits per heavy atom. The Balaban J connectivity index is 1.73. The van der Waals surface area contributed by atoms with Gasteiger partial charge in [0.25, 0.3) is 0 Å². The number of rotatable bonds is 16. The molecule has 0 saturated heterocycles. The van der Waals surface area contributed by atoms with E-state index >= 15 is 0 Å². The van der Waals surface area contributed by atoms with E-state index in [0.29, 0.717) is 43.4 Å². The SMILES string of the molecule is CCCc1ccc(CCc2nc(OCC(CC)OCC)cc(OCc3ccccc3)c2-c2ccc(C(=O)OC)cc2)cc1. The topological polar surface area (TPSA) is 66.9 Å². The molecule has 43 heavy (non-hydrogen) atoms. The fourth-order valence-electron chi connectivity index (χ4n) is 4.97. The van der Waals surface area contributed by atoms with Crippen LogP contribution in [-0.4, -0.2) is 37.4 Å². The van der Waals surface area contributed by atoms with Crippen molar-refractivity contribution in [2.75, 3.05) is 20.3 Å². The molecule has 3 aromatic carbocycles. The van der Waals surface area contributed by atoms with Crippen molar-refractivity contribution in [3.8, 4) is 22.8 Å². The van der Waals surface area contributed by atoms with Crippen LogP contribution in [0, 0.1) is 0 Å². The van der Waals surface area contributed by atoms with Gasteiger partial charge in [-0.3, -0.25) is 0 Å². The van der Waals surface area contributed by atoms with Crippen LogP contribution in [0.3, 0.4) is 0 Å². The number of benzene rings is 3. The molecule has 4 aromatic rings. The lowest BCUT2D eigenvalue weighted by molar-refractivity contribution is 0.0243. The molecule has 6 heteroatoms. The van der Waals surface area contributed by atoms with Crippen molar-refractivity contribution < 1.29 is 23.7 Å². The van der Waals surface area contributed by atoms with Gasteiger partial charge >= 0.3 is 5.97 Å². The lowest BCUT2D eigenvalue weighted by Gasteiger charge is -2.20. The van der Waals surface area contributed by atoms with Crippen molar-refractivity contribution in [2.45, 2.75) is 65.6 Å². The van der Waals surface area contributed by atoms with Crippen molar-refractivity contribution in [3.63, 3.8) is 0 Å². The van der Waals surface area contributed by atoms with Crippen LogP contribution in [0.2, 0.25) is 0 Å². The van der Waals surface area contributed by atoms with Gasteiger partial charge in [0.1, 0.15) is 19.0 Å². The summed E-state index contributed by atoms with van der Waals surface area (Å²) < 4.78 is 23.4. The second kappa shape index (κ2) is 16.5. The Morgan fingerprint density at radius 1 is 0.791 bits per heavy atom. The number of aryl methyl sites for hydroxylation is 3. The fourth-order valence-corrected chi connectivity index (χ4v) is 4.97. The predicted octanol–water partition coefficient (Wildman–Crippen LogP) is 8.05. The zero-order valence-corrected chi connectivity index (χ0v) is 25.8. The van der Waals surface area contributed by atoms with Gasteiger partial charge in [-0.2, -0.15) is 0 Å². The summed E-state index contributed by atoms with van der Waals surface area (Å²) in [5.74, 6) is 0.808. The second-order valence-corrected chi connectivity index (χ2v) is 10.5. The summed E-state index contributed by atoms with van der Waals surface area (Å²) in [6, 6.07) is 28.2. The first-order chi connectivity index (χ1) is 21.0. The highest BCUT2D eigenvalue weighted by molar-refractivity contribution is 5.90. The summed E-state index contributed by atoms with van der Waals surface area (Å²) in [5, 5.41) is 0. The van der Waals surface area contributed by atoms with Gasteiger partial charge in [0.2, 0.25) is 5.88 Å². The summed E-state index contributed by atoms with van der Waals surface area (Å²) in [6.45, 7) is 7.70. The van der Waals surface area contributed by atoms with E-state index < -0.39 is 0 Å². The van der Waals surface area contributed by atoms with E-state index in [1.807, 2.05) is 55.5 Å². The number of pyridine rings is 1. The number of hydrogen-bond acceptors (Lipinski definition) is 6. The van der Waals surface area contributed by atoms with Crippen LogP contribution in [0.4, 0.5) is 0 Å². The van der Waals surface area contributed by atoms with Gasteiger partial charge in [0, 0.05) is 18.2 Å². The minimum Gasteiger partial charge on any atom is -0.488 e. The summed E-state index contributed by atoms with van der Waals surface area (Å²) >= 11 is 0. The standard InChI is InChI=1S/C37H43NO5/c1-5-11-27-14-16-28(17-15-27)18-23-33-36(30-19-21-31(22-20-30)37(39)40-4)34(42-25-29-12-9-8-10-13-29)24-35(38-33)43-26-32(6-2)41-7-3/h8-10,12-17,19-22,24,32H,5-7,11,18,23,25-26H2,1-4H3. The Kier molecular flexibility index (Phi) is 12.2. The maximum Gasteiger partial charge on any atom is 0.337 e. The van der Waals surface area contributed by atoms with E-state index in [1.165, 1.54) is 18.2 Å². The van der Waals surface area contributed by atoms with Crippen molar-refractivity contribution >= 4 is 5.97 Å². The zero-order valence-electron chi connectivity index (χ0n) is 25.8. The third-order valence-electron chi connectivity index (χ3n) is 7.35. The number of nitrogens with zero attached hydrogens (tertiary/aromatic N) is 1. The second-order valence-electron chi connectivity index (χ2n) is 10.5. The van der Waals surface area contributed by atoms with E-state index in [9.17, 15) is 4.79 Å². The third-order valence-corrected chi connectivity index (χ3v) is 7.35. The molecule has 0 fully saturated rings. The molecular formula is C37H43NO5. The Morgan fingerprint density at radius 3 is 2.12 bits per heavy atom. The molecule has 0 N–H and O–H groups in total. The highest BCUT2D eigenvalue weighted by Gasteiger charge is 2.19. The average Bonchev–Trinajstić information content (AvgIpc) is 3.05.